The van der Waals surface area contributed by atoms with E-state index in [0.717, 1.165) is 12.8 Å². The highest BCUT2D eigenvalue weighted by molar-refractivity contribution is 8.03. The fourth-order valence-corrected chi connectivity index (χ4v) is 6.84. The minimum atomic E-state index is -1.11. The maximum absolute atomic E-state index is 12.4. The number of aromatic nitrogens is 1. The highest BCUT2D eigenvalue weighted by Gasteiger charge is 2.60. The van der Waals surface area contributed by atoms with E-state index >= 15 is 0 Å². The van der Waals surface area contributed by atoms with Gasteiger partial charge >= 0.3 is 11.9 Å². The zero-order valence-electron chi connectivity index (χ0n) is 16.5. The molecule has 0 aliphatic carbocycles. The average molecular weight is 454 g/mol. The van der Waals surface area contributed by atoms with Crippen LogP contribution in [0.3, 0.4) is 0 Å². The number of nitrogens with zero attached hydrogens (tertiary/aromatic N) is 3. The Morgan fingerprint density at radius 3 is 2.47 bits per heavy atom. The van der Waals surface area contributed by atoms with Gasteiger partial charge in [0.25, 0.3) is 0 Å². The van der Waals surface area contributed by atoms with Crippen molar-refractivity contribution >= 4 is 46.1 Å². The first-order valence-corrected chi connectivity index (χ1v) is 11.6. The SMILES string of the molecule is C[C@@H](O)[C@H]1C(=O)N2C(C(=O)O)=C(SC3CCN(c4nc(C(=O)O)cs4)CC3)[C@H](C)[C@H]12. The second-order valence-electron chi connectivity index (χ2n) is 7.90. The minimum absolute atomic E-state index is 0.0457. The minimum Gasteiger partial charge on any atom is -0.477 e. The number of hydrogen-bond acceptors (Lipinski definition) is 8. The van der Waals surface area contributed by atoms with Gasteiger partial charge in [-0.15, -0.1) is 23.1 Å². The number of amides is 1. The summed E-state index contributed by atoms with van der Waals surface area (Å²) in [4.78, 5) is 43.7. The molecule has 2 saturated heterocycles. The van der Waals surface area contributed by atoms with Crippen molar-refractivity contribution in [3.63, 3.8) is 0 Å². The number of aliphatic hydroxyl groups is 1. The highest BCUT2D eigenvalue weighted by atomic mass is 32.2. The van der Waals surface area contributed by atoms with Gasteiger partial charge in [-0.2, -0.15) is 0 Å². The number of thiazole rings is 1. The standard InChI is InChI=1S/C19H23N3O6S2/c1-8-13-12(9(2)23)16(24)22(13)14(18(27)28)15(8)30-10-3-5-21(6-4-10)19-20-11(7-29-19)17(25)26/h7-10,12-13,23H,3-6H2,1-2H3,(H,25,26)(H,27,28)/t8-,9-,12-,13-/m1/s1. The van der Waals surface area contributed by atoms with Crippen LogP contribution < -0.4 is 4.90 Å². The Hall–Kier alpha value is -2.11. The van der Waals surface area contributed by atoms with Gasteiger partial charge in [-0.1, -0.05) is 6.92 Å². The third-order valence-electron chi connectivity index (χ3n) is 6.03. The Labute approximate surface area is 181 Å². The molecule has 162 valence electrons. The lowest BCUT2D eigenvalue weighted by atomic mass is 9.79. The largest absolute Gasteiger partial charge is 0.477 e. The Morgan fingerprint density at radius 1 is 1.27 bits per heavy atom. The van der Waals surface area contributed by atoms with E-state index in [2.05, 4.69) is 9.88 Å². The second-order valence-corrected chi connectivity index (χ2v) is 10.1. The van der Waals surface area contributed by atoms with Crippen LogP contribution in [-0.4, -0.2) is 73.5 Å². The number of carboxylic acid groups (broad SMARTS) is 2. The molecule has 0 bridgehead atoms. The van der Waals surface area contributed by atoms with Crippen LogP contribution in [0, 0.1) is 11.8 Å². The molecular formula is C19H23N3O6S2. The van der Waals surface area contributed by atoms with Crippen LogP contribution in [-0.2, 0) is 9.59 Å². The van der Waals surface area contributed by atoms with Gasteiger partial charge in [-0.3, -0.25) is 4.79 Å². The van der Waals surface area contributed by atoms with Crippen molar-refractivity contribution in [3.8, 4) is 0 Å². The molecule has 2 fully saturated rings. The van der Waals surface area contributed by atoms with Crippen molar-refractivity contribution in [1.82, 2.24) is 9.88 Å². The first-order chi connectivity index (χ1) is 14.2. The molecule has 4 heterocycles. The van der Waals surface area contributed by atoms with Crippen LogP contribution >= 0.6 is 23.1 Å². The normalized spacial score (nSPS) is 27.8. The number of carbonyl (C=O) groups excluding carboxylic acids is 1. The quantitative estimate of drug-likeness (QED) is 0.551. The third kappa shape index (κ3) is 3.38. The van der Waals surface area contributed by atoms with Crippen molar-refractivity contribution in [2.75, 3.05) is 18.0 Å². The lowest BCUT2D eigenvalue weighted by Crippen LogP contribution is -2.63. The number of piperidine rings is 1. The molecule has 1 amide bonds. The lowest BCUT2D eigenvalue weighted by molar-refractivity contribution is -0.163. The van der Waals surface area contributed by atoms with E-state index in [1.54, 1.807) is 6.92 Å². The van der Waals surface area contributed by atoms with Crippen LogP contribution in [0.2, 0.25) is 0 Å². The zero-order chi connectivity index (χ0) is 21.7. The number of anilines is 1. The molecule has 4 atom stereocenters. The number of aromatic carboxylic acids is 1. The van der Waals surface area contributed by atoms with Gasteiger partial charge in [-0.25, -0.2) is 14.6 Å². The highest BCUT2D eigenvalue weighted by Crippen LogP contribution is 2.52. The van der Waals surface area contributed by atoms with Crippen molar-refractivity contribution in [2.24, 2.45) is 11.8 Å². The maximum Gasteiger partial charge on any atom is 0.355 e. The van der Waals surface area contributed by atoms with Gasteiger partial charge in [0.15, 0.2) is 10.8 Å². The number of thioether (sulfide) groups is 1. The van der Waals surface area contributed by atoms with Crippen molar-refractivity contribution < 1.29 is 29.7 Å². The number of carbonyl (C=O) groups is 3. The predicted octanol–water partition coefficient (Wildman–Crippen LogP) is 1.70. The molecule has 9 nitrogen and oxygen atoms in total. The summed E-state index contributed by atoms with van der Waals surface area (Å²) in [5, 5.41) is 31.1. The summed E-state index contributed by atoms with van der Waals surface area (Å²) in [5.74, 6) is -3.15. The van der Waals surface area contributed by atoms with Gasteiger partial charge in [0.2, 0.25) is 5.91 Å². The molecule has 0 unspecified atom stereocenters. The molecule has 3 N–H and O–H groups in total. The lowest BCUT2D eigenvalue weighted by Gasteiger charge is -2.46. The fourth-order valence-electron chi connectivity index (χ4n) is 4.53. The van der Waals surface area contributed by atoms with Gasteiger partial charge in [-0.05, 0) is 19.8 Å². The van der Waals surface area contributed by atoms with E-state index in [1.807, 2.05) is 6.92 Å². The molecule has 11 heteroatoms. The van der Waals surface area contributed by atoms with Gasteiger partial charge < -0.3 is 25.1 Å². The summed E-state index contributed by atoms with van der Waals surface area (Å²) < 4.78 is 0. The summed E-state index contributed by atoms with van der Waals surface area (Å²) in [6.45, 7) is 4.91. The molecule has 3 aliphatic rings. The molecule has 0 radical (unpaired) electrons. The first kappa shape index (κ1) is 21.1. The van der Waals surface area contributed by atoms with Gasteiger partial charge in [0.05, 0.1) is 18.1 Å². The van der Waals surface area contributed by atoms with E-state index in [-0.39, 0.29) is 34.5 Å². The van der Waals surface area contributed by atoms with E-state index in [4.69, 9.17) is 5.11 Å². The number of carboxylic acids is 2. The van der Waals surface area contributed by atoms with Crippen LogP contribution in [0.4, 0.5) is 5.13 Å². The van der Waals surface area contributed by atoms with E-state index < -0.39 is 24.0 Å². The van der Waals surface area contributed by atoms with Crippen molar-refractivity contribution in [2.45, 2.75) is 44.1 Å². The Bertz CT molecular complexity index is 921. The number of β-lactam (4-membered cyclic amide) rings is 1. The average Bonchev–Trinajstić information content (AvgIpc) is 3.26. The zero-order valence-corrected chi connectivity index (χ0v) is 18.2. The third-order valence-corrected chi connectivity index (χ3v) is 8.55. The van der Waals surface area contributed by atoms with E-state index in [1.165, 1.54) is 33.4 Å². The molecular weight excluding hydrogens is 430 g/mol. The number of aliphatic hydroxyl groups excluding tert-OH is 1. The van der Waals surface area contributed by atoms with Crippen LogP contribution in [0.1, 0.15) is 37.2 Å². The molecule has 1 aromatic rings. The van der Waals surface area contributed by atoms with Crippen LogP contribution in [0.15, 0.2) is 16.0 Å². The second kappa shape index (κ2) is 7.86. The number of fused-ring (bicyclic) bond motifs is 1. The van der Waals surface area contributed by atoms with Gasteiger partial charge in [0.1, 0.15) is 5.70 Å². The van der Waals surface area contributed by atoms with Crippen LogP contribution in [0.5, 0.6) is 0 Å². The number of aliphatic carboxylic acids is 1. The molecule has 4 rings (SSSR count). The first-order valence-electron chi connectivity index (χ1n) is 9.79. The Kier molecular flexibility index (Phi) is 5.54. The molecule has 30 heavy (non-hydrogen) atoms. The van der Waals surface area contributed by atoms with E-state index in [9.17, 15) is 24.6 Å². The number of rotatable bonds is 6. The topological polar surface area (TPSA) is 131 Å². The molecule has 0 aromatic carbocycles. The maximum atomic E-state index is 12.4. The summed E-state index contributed by atoms with van der Waals surface area (Å²) in [6.07, 6.45) is 0.792. The summed E-state index contributed by atoms with van der Waals surface area (Å²) >= 11 is 2.84. The smallest absolute Gasteiger partial charge is 0.355 e. The summed E-state index contributed by atoms with van der Waals surface area (Å²) in [6, 6.07) is -0.295. The van der Waals surface area contributed by atoms with Crippen molar-refractivity contribution in [1.29, 1.82) is 0 Å². The molecule has 1 aromatic heterocycles. The molecule has 0 spiro atoms. The molecule has 3 aliphatic heterocycles. The number of hydrogen-bond donors (Lipinski definition) is 3. The van der Waals surface area contributed by atoms with Gasteiger partial charge in [0, 0.05) is 34.5 Å². The fraction of sp³-hybridized carbons (Fsp3) is 0.579. The summed E-state index contributed by atoms with van der Waals surface area (Å²) in [5.41, 5.74) is 0.109. The van der Waals surface area contributed by atoms with Crippen LogP contribution in [0.25, 0.3) is 0 Å². The Morgan fingerprint density at radius 2 is 1.93 bits per heavy atom. The predicted molar refractivity (Wildman–Crippen MR) is 112 cm³/mol. The Balaban J connectivity index is 1.45. The van der Waals surface area contributed by atoms with E-state index in [0.29, 0.717) is 23.1 Å². The van der Waals surface area contributed by atoms with Crippen molar-refractivity contribution in [3.05, 3.63) is 21.7 Å². The summed E-state index contributed by atoms with van der Waals surface area (Å²) in [7, 11) is 0. The molecule has 0 saturated carbocycles. The monoisotopic (exact) mass is 453 g/mol.